The zero-order chi connectivity index (χ0) is 15.8. The van der Waals surface area contributed by atoms with Gasteiger partial charge in [-0.15, -0.1) is 0 Å². The first-order valence-electron chi connectivity index (χ1n) is 6.95. The molecule has 1 atom stereocenters. The maximum atomic E-state index is 12.0. The highest BCUT2D eigenvalue weighted by atomic mass is 16.5. The Labute approximate surface area is 124 Å². The molecule has 0 saturated carbocycles. The first-order valence-corrected chi connectivity index (χ1v) is 6.95. The Morgan fingerprint density at radius 3 is 2.71 bits per heavy atom. The third-order valence-corrected chi connectivity index (χ3v) is 2.81. The minimum atomic E-state index is -0.719. The van der Waals surface area contributed by atoms with Crippen molar-refractivity contribution in [1.82, 2.24) is 9.78 Å². The molecule has 0 bridgehead atoms. The molecule has 1 aromatic heterocycles. The Balaban J connectivity index is 3.14. The standard InChI is InChI=1S/C15H22N2O4/c1-5-21-9-8-12-6-7-14(18)17(16-12)13(10-11(2)3)15(19)20-4/h6-9,11,13H,5,10H2,1-4H3. The van der Waals surface area contributed by atoms with Gasteiger partial charge in [0.25, 0.3) is 5.56 Å². The molecule has 0 aromatic carbocycles. The lowest BCUT2D eigenvalue weighted by atomic mass is 10.0. The summed E-state index contributed by atoms with van der Waals surface area (Å²) in [4.78, 5) is 23.9. The van der Waals surface area contributed by atoms with E-state index in [9.17, 15) is 9.59 Å². The molecule has 0 fully saturated rings. The van der Waals surface area contributed by atoms with Crippen LogP contribution < -0.4 is 5.56 Å². The molecule has 0 amide bonds. The summed E-state index contributed by atoms with van der Waals surface area (Å²) in [5, 5.41) is 4.20. The third-order valence-electron chi connectivity index (χ3n) is 2.81. The van der Waals surface area contributed by atoms with Crippen molar-refractivity contribution in [2.24, 2.45) is 5.92 Å². The van der Waals surface area contributed by atoms with Gasteiger partial charge in [0.15, 0.2) is 6.04 Å². The number of esters is 1. The van der Waals surface area contributed by atoms with E-state index >= 15 is 0 Å². The average molecular weight is 294 g/mol. The monoisotopic (exact) mass is 294 g/mol. The maximum Gasteiger partial charge on any atom is 0.330 e. The summed E-state index contributed by atoms with van der Waals surface area (Å²) in [5.41, 5.74) is 0.209. The van der Waals surface area contributed by atoms with Gasteiger partial charge in [0, 0.05) is 12.1 Å². The summed E-state index contributed by atoms with van der Waals surface area (Å²) < 4.78 is 11.1. The van der Waals surface area contributed by atoms with E-state index in [0.717, 1.165) is 0 Å². The Morgan fingerprint density at radius 2 is 2.14 bits per heavy atom. The summed E-state index contributed by atoms with van der Waals surface area (Å²) in [6, 6.07) is 2.25. The van der Waals surface area contributed by atoms with Crippen molar-refractivity contribution in [1.29, 1.82) is 0 Å². The van der Waals surface area contributed by atoms with Crippen molar-refractivity contribution in [3.63, 3.8) is 0 Å². The largest absolute Gasteiger partial charge is 0.501 e. The van der Waals surface area contributed by atoms with E-state index < -0.39 is 12.0 Å². The number of carbonyl (C=O) groups excluding carboxylic acids is 1. The van der Waals surface area contributed by atoms with Crippen LogP contribution in [-0.4, -0.2) is 29.5 Å². The fourth-order valence-electron chi connectivity index (χ4n) is 1.84. The molecule has 0 aliphatic heterocycles. The van der Waals surface area contributed by atoms with Crippen LogP contribution in [-0.2, 0) is 14.3 Å². The van der Waals surface area contributed by atoms with Crippen LogP contribution in [0.25, 0.3) is 6.08 Å². The van der Waals surface area contributed by atoms with Gasteiger partial charge in [0.05, 0.1) is 25.7 Å². The minimum Gasteiger partial charge on any atom is -0.501 e. The molecule has 116 valence electrons. The highest BCUT2D eigenvalue weighted by molar-refractivity contribution is 5.73. The summed E-state index contributed by atoms with van der Waals surface area (Å²) in [5.74, 6) is -0.241. The van der Waals surface area contributed by atoms with Gasteiger partial charge >= 0.3 is 5.97 Å². The van der Waals surface area contributed by atoms with E-state index in [1.54, 1.807) is 12.1 Å². The summed E-state index contributed by atoms with van der Waals surface area (Å²) in [6.07, 6.45) is 3.63. The van der Waals surface area contributed by atoms with Gasteiger partial charge in [-0.3, -0.25) is 4.79 Å². The molecule has 0 saturated heterocycles. The van der Waals surface area contributed by atoms with Crippen molar-refractivity contribution in [3.8, 4) is 0 Å². The van der Waals surface area contributed by atoms with E-state index in [4.69, 9.17) is 9.47 Å². The van der Waals surface area contributed by atoms with Crippen LogP contribution in [0.4, 0.5) is 0 Å². The molecule has 0 aliphatic carbocycles. The molecule has 0 N–H and O–H groups in total. The van der Waals surface area contributed by atoms with Crippen LogP contribution in [0.5, 0.6) is 0 Å². The number of aromatic nitrogens is 2. The molecule has 1 unspecified atom stereocenters. The van der Waals surface area contributed by atoms with Gasteiger partial charge in [-0.1, -0.05) is 13.8 Å². The summed E-state index contributed by atoms with van der Waals surface area (Å²) in [7, 11) is 1.31. The van der Waals surface area contributed by atoms with Crippen LogP contribution in [0.15, 0.2) is 23.2 Å². The minimum absolute atomic E-state index is 0.227. The molecule has 6 nitrogen and oxygen atoms in total. The Morgan fingerprint density at radius 1 is 1.43 bits per heavy atom. The lowest BCUT2D eigenvalue weighted by molar-refractivity contribution is -0.145. The second kappa shape index (κ2) is 8.24. The zero-order valence-corrected chi connectivity index (χ0v) is 12.9. The maximum absolute atomic E-state index is 12.0. The first-order chi connectivity index (χ1) is 9.99. The fraction of sp³-hybridized carbons (Fsp3) is 0.533. The second-order valence-corrected chi connectivity index (χ2v) is 4.97. The fourth-order valence-corrected chi connectivity index (χ4v) is 1.84. The van der Waals surface area contributed by atoms with Gasteiger partial charge in [0.1, 0.15) is 0 Å². The predicted octanol–water partition coefficient (Wildman–Crippen LogP) is 2.01. The van der Waals surface area contributed by atoms with Gasteiger partial charge < -0.3 is 9.47 Å². The van der Waals surface area contributed by atoms with E-state index in [2.05, 4.69) is 5.10 Å². The van der Waals surface area contributed by atoms with E-state index in [1.165, 1.54) is 24.1 Å². The number of methoxy groups -OCH3 is 1. The molecule has 6 heteroatoms. The van der Waals surface area contributed by atoms with Crippen molar-refractivity contribution < 1.29 is 14.3 Å². The molecule has 1 heterocycles. The van der Waals surface area contributed by atoms with Gasteiger partial charge in [-0.05, 0) is 25.3 Å². The molecule has 1 rings (SSSR count). The van der Waals surface area contributed by atoms with E-state index in [0.29, 0.717) is 18.7 Å². The number of carbonyl (C=O) groups is 1. The number of ether oxygens (including phenoxy) is 2. The van der Waals surface area contributed by atoms with Crippen molar-refractivity contribution in [2.75, 3.05) is 13.7 Å². The molecule has 0 aliphatic rings. The van der Waals surface area contributed by atoms with Crippen LogP contribution in [0, 0.1) is 5.92 Å². The van der Waals surface area contributed by atoms with E-state index in [-0.39, 0.29) is 11.5 Å². The van der Waals surface area contributed by atoms with Crippen molar-refractivity contribution >= 4 is 12.0 Å². The molecular weight excluding hydrogens is 272 g/mol. The second-order valence-electron chi connectivity index (χ2n) is 4.97. The zero-order valence-electron chi connectivity index (χ0n) is 12.9. The lowest BCUT2D eigenvalue weighted by Crippen LogP contribution is -2.33. The van der Waals surface area contributed by atoms with Crippen LogP contribution in [0.3, 0.4) is 0 Å². The van der Waals surface area contributed by atoms with Gasteiger partial charge in [0.2, 0.25) is 0 Å². The average Bonchev–Trinajstić information content (AvgIpc) is 2.46. The van der Waals surface area contributed by atoms with Gasteiger partial charge in [-0.2, -0.15) is 5.10 Å². The molecular formula is C15H22N2O4. The number of nitrogens with zero attached hydrogens (tertiary/aromatic N) is 2. The van der Waals surface area contributed by atoms with Gasteiger partial charge in [-0.25, -0.2) is 9.48 Å². The SMILES string of the molecule is CCOC=Cc1ccc(=O)n(C(CC(C)C)C(=O)OC)n1. The number of hydrogen-bond acceptors (Lipinski definition) is 5. The molecule has 0 spiro atoms. The number of rotatable bonds is 7. The topological polar surface area (TPSA) is 70.4 Å². The third kappa shape index (κ3) is 5.06. The molecule has 21 heavy (non-hydrogen) atoms. The summed E-state index contributed by atoms with van der Waals surface area (Å²) >= 11 is 0. The van der Waals surface area contributed by atoms with Crippen LogP contribution >= 0.6 is 0 Å². The Hall–Kier alpha value is -2.11. The highest BCUT2D eigenvalue weighted by Gasteiger charge is 2.24. The molecule has 1 aromatic rings. The quantitative estimate of drug-likeness (QED) is 0.568. The van der Waals surface area contributed by atoms with E-state index in [1.807, 2.05) is 20.8 Å². The lowest BCUT2D eigenvalue weighted by Gasteiger charge is -2.18. The first kappa shape index (κ1) is 16.9. The predicted molar refractivity (Wildman–Crippen MR) is 79.7 cm³/mol. The van der Waals surface area contributed by atoms with Crippen LogP contribution in [0.1, 0.15) is 38.9 Å². The normalized spacial score (nSPS) is 12.6. The Kier molecular flexibility index (Phi) is 6.65. The Bertz CT molecular complexity index is 549. The summed E-state index contributed by atoms with van der Waals surface area (Å²) in [6.45, 7) is 6.36. The van der Waals surface area contributed by atoms with Crippen molar-refractivity contribution in [2.45, 2.75) is 33.2 Å². The molecule has 0 radical (unpaired) electrons. The highest BCUT2D eigenvalue weighted by Crippen LogP contribution is 2.16. The van der Waals surface area contributed by atoms with Crippen LogP contribution in [0.2, 0.25) is 0 Å². The smallest absolute Gasteiger partial charge is 0.330 e. The van der Waals surface area contributed by atoms with Crippen molar-refractivity contribution in [3.05, 3.63) is 34.4 Å². The number of hydrogen-bond donors (Lipinski definition) is 0.